The molecule has 2 unspecified atom stereocenters. The van der Waals surface area contributed by atoms with E-state index < -0.39 is 0 Å². The quantitative estimate of drug-likeness (QED) is 0.942. The van der Waals surface area contributed by atoms with Crippen LogP contribution in [0.3, 0.4) is 0 Å². The van der Waals surface area contributed by atoms with Crippen molar-refractivity contribution in [3.8, 4) is 0 Å². The summed E-state index contributed by atoms with van der Waals surface area (Å²) in [6, 6.07) is 7.88. The topological polar surface area (TPSA) is 37.6 Å². The van der Waals surface area contributed by atoms with E-state index in [1.807, 2.05) is 25.2 Å². The highest BCUT2D eigenvalue weighted by molar-refractivity contribution is 6.34. The molecule has 1 N–H and O–H groups in total. The predicted molar refractivity (Wildman–Crippen MR) is 84.9 cm³/mol. The van der Waals surface area contributed by atoms with Gasteiger partial charge in [-0.15, -0.1) is 0 Å². The van der Waals surface area contributed by atoms with Gasteiger partial charge in [0.05, 0.1) is 23.8 Å². The predicted octanol–water partition coefficient (Wildman–Crippen LogP) is 3.07. The fourth-order valence-electron chi connectivity index (χ4n) is 2.93. The van der Waals surface area contributed by atoms with E-state index in [0.29, 0.717) is 5.02 Å². The monoisotopic (exact) mass is 308 g/mol. The summed E-state index contributed by atoms with van der Waals surface area (Å²) in [6.45, 7) is 5.89. The molecule has 2 aromatic rings. The third kappa shape index (κ3) is 2.94. The van der Waals surface area contributed by atoms with Crippen LogP contribution in [0.15, 0.2) is 28.7 Å². The van der Waals surface area contributed by atoms with Crippen molar-refractivity contribution in [2.45, 2.75) is 19.1 Å². The van der Waals surface area contributed by atoms with E-state index in [-0.39, 0.29) is 12.1 Å². The largest absolute Gasteiger partial charge is 0.458 e. The molecule has 21 heavy (non-hydrogen) atoms. The zero-order valence-corrected chi connectivity index (χ0v) is 13.2. The molecule has 0 spiro atoms. The standard InChI is InChI=1S/C16H21ClN2O2/c1-3-19-7-8-20-14(10-19)15(18-2)13-9-11-5-4-6-12(17)16(11)21-13/h4-6,9,14-15,18H,3,7-8,10H2,1-2H3. The number of hydrogen-bond donors (Lipinski definition) is 1. The molecular weight excluding hydrogens is 288 g/mol. The van der Waals surface area contributed by atoms with Crippen molar-refractivity contribution in [1.29, 1.82) is 0 Å². The van der Waals surface area contributed by atoms with Gasteiger partial charge in [-0.1, -0.05) is 30.7 Å². The minimum Gasteiger partial charge on any atom is -0.458 e. The van der Waals surface area contributed by atoms with E-state index in [9.17, 15) is 0 Å². The Labute approximate surface area is 130 Å². The summed E-state index contributed by atoms with van der Waals surface area (Å²) in [5.41, 5.74) is 0.748. The van der Waals surface area contributed by atoms with Crippen LogP contribution in [0.25, 0.3) is 11.0 Å². The second-order valence-electron chi connectivity index (χ2n) is 5.38. The van der Waals surface area contributed by atoms with Crippen molar-refractivity contribution in [3.05, 3.63) is 35.0 Å². The average Bonchev–Trinajstić information content (AvgIpc) is 2.93. The van der Waals surface area contributed by atoms with Gasteiger partial charge in [0.15, 0.2) is 5.58 Å². The Hall–Kier alpha value is -1.07. The fraction of sp³-hybridized carbons (Fsp3) is 0.500. The highest BCUT2D eigenvalue weighted by Crippen LogP contribution is 2.31. The normalized spacial score (nSPS) is 21.8. The van der Waals surface area contributed by atoms with Gasteiger partial charge < -0.3 is 14.5 Å². The maximum atomic E-state index is 6.20. The van der Waals surface area contributed by atoms with Crippen molar-refractivity contribution in [3.63, 3.8) is 0 Å². The molecular formula is C16H21ClN2O2. The van der Waals surface area contributed by atoms with Crippen molar-refractivity contribution >= 4 is 22.6 Å². The molecule has 5 heteroatoms. The van der Waals surface area contributed by atoms with Crippen molar-refractivity contribution < 1.29 is 9.15 Å². The lowest BCUT2D eigenvalue weighted by Crippen LogP contribution is -2.47. The first-order chi connectivity index (χ1) is 10.2. The SMILES string of the molecule is CCN1CCOC(C(NC)c2cc3cccc(Cl)c3o2)C1. The van der Waals surface area contributed by atoms with Crippen LogP contribution < -0.4 is 5.32 Å². The number of furan rings is 1. The summed E-state index contributed by atoms with van der Waals surface area (Å²) >= 11 is 6.20. The molecule has 114 valence electrons. The summed E-state index contributed by atoms with van der Waals surface area (Å²) in [4.78, 5) is 2.40. The van der Waals surface area contributed by atoms with Crippen LogP contribution in [0, 0.1) is 0 Å². The molecule has 1 fully saturated rings. The first kappa shape index (κ1) is 14.9. The van der Waals surface area contributed by atoms with Gasteiger partial charge in [0.25, 0.3) is 0 Å². The number of nitrogens with zero attached hydrogens (tertiary/aromatic N) is 1. The number of rotatable bonds is 4. The molecule has 0 aliphatic carbocycles. The van der Waals surface area contributed by atoms with E-state index in [0.717, 1.165) is 43.0 Å². The number of hydrogen-bond acceptors (Lipinski definition) is 4. The minimum absolute atomic E-state index is 0.0304. The third-order valence-corrected chi connectivity index (χ3v) is 4.43. The highest BCUT2D eigenvalue weighted by Gasteiger charge is 2.30. The van der Waals surface area contributed by atoms with Crippen LogP contribution in [-0.2, 0) is 4.74 Å². The summed E-state index contributed by atoms with van der Waals surface area (Å²) in [6.07, 6.45) is 0.0861. The molecule has 0 amide bonds. The van der Waals surface area contributed by atoms with Gasteiger partial charge in [0.1, 0.15) is 5.76 Å². The first-order valence-corrected chi connectivity index (χ1v) is 7.80. The zero-order valence-electron chi connectivity index (χ0n) is 12.4. The zero-order chi connectivity index (χ0) is 14.8. The Morgan fingerprint density at radius 1 is 1.48 bits per heavy atom. The number of benzene rings is 1. The summed E-state index contributed by atoms with van der Waals surface area (Å²) in [5.74, 6) is 0.878. The van der Waals surface area contributed by atoms with Crippen LogP contribution in [0.2, 0.25) is 5.02 Å². The molecule has 3 rings (SSSR count). The molecule has 0 saturated carbocycles. The Kier molecular flexibility index (Phi) is 4.50. The van der Waals surface area contributed by atoms with E-state index in [4.69, 9.17) is 20.8 Å². The van der Waals surface area contributed by atoms with Gasteiger partial charge in [-0.3, -0.25) is 4.90 Å². The average molecular weight is 309 g/mol. The van der Waals surface area contributed by atoms with Crippen molar-refractivity contribution in [1.82, 2.24) is 10.2 Å². The lowest BCUT2D eigenvalue weighted by Gasteiger charge is -2.35. The molecule has 1 aliphatic heterocycles. The van der Waals surface area contributed by atoms with Gasteiger partial charge in [0.2, 0.25) is 0 Å². The molecule has 0 radical (unpaired) electrons. The molecule has 1 aromatic heterocycles. The van der Waals surface area contributed by atoms with Gasteiger partial charge in [-0.05, 0) is 25.7 Å². The van der Waals surface area contributed by atoms with Crippen molar-refractivity contribution in [2.75, 3.05) is 33.3 Å². The molecule has 4 nitrogen and oxygen atoms in total. The number of halogens is 1. The minimum atomic E-state index is 0.0304. The number of para-hydroxylation sites is 1. The number of ether oxygens (including phenoxy) is 1. The van der Waals surface area contributed by atoms with E-state index >= 15 is 0 Å². The van der Waals surface area contributed by atoms with Crippen LogP contribution in [0.1, 0.15) is 18.7 Å². The molecule has 1 saturated heterocycles. The number of likely N-dealkylation sites (N-methyl/N-ethyl adjacent to an activating group) is 2. The first-order valence-electron chi connectivity index (χ1n) is 7.42. The van der Waals surface area contributed by atoms with Crippen LogP contribution in [0.4, 0.5) is 0 Å². The van der Waals surface area contributed by atoms with Gasteiger partial charge in [-0.25, -0.2) is 0 Å². The van der Waals surface area contributed by atoms with Crippen LogP contribution >= 0.6 is 11.6 Å². The Morgan fingerprint density at radius 2 is 2.33 bits per heavy atom. The van der Waals surface area contributed by atoms with Crippen LogP contribution in [-0.4, -0.2) is 44.3 Å². The van der Waals surface area contributed by atoms with Crippen LogP contribution in [0.5, 0.6) is 0 Å². The van der Waals surface area contributed by atoms with Crippen molar-refractivity contribution in [2.24, 2.45) is 0 Å². The molecule has 1 aromatic carbocycles. The third-order valence-electron chi connectivity index (χ3n) is 4.13. The van der Waals surface area contributed by atoms with Gasteiger partial charge in [-0.2, -0.15) is 0 Å². The molecule has 1 aliphatic rings. The van der Waals surface area contributed by atoms with E-state index in [1.165, 1.54) is 0 Å². The van der Waals surface area contributed by atoms with E-state index in [1.54, 1.807) is 0 Å². The second-order valence-corrected chi connectivity index (χ2v) is 5.78. The molecule has 0 bridgehead atoms. The summed E-state index contributed by atoms with van der Waals surface area (Å²) in [5, 5.41) is 5.00. The van der Waals surface area contributed by atoms with E-state index in [2.05, 4.69) is 23.2 Å². The maximum Gasteiger partial charge on any atom is 0.152 e. The Balaban J connectivity index is 1.89. The lowest BCUT2D eigenvalue weighted by molar-refractivity contribution is -0.0474. The molecule has 2 atom stereocenters. The fourth-order valence-corrected chi connectivity index (χ4v) is 3.15. The second kappa shape index (κ2) is 6.36. The van der Waals surface area contributed by atoms with Gasteiger partial charge >= 0.3 is 0 Å². The Morgan fingerprint density at radius 3 is 3.05 bits per heavy atom. The summed E-state index contributed by atoms with van der Waals surface area (Å²) in [7, 11) is 1.94. The lowest BCUT2D eigenvalue weighted by atomic mass is 10.1. The maximum absolute atomic E-state index is 6.20. The Bertz CT molecular complexity index is 613. The van der Waals surface area contributed by atoms with Gasteiger partial charge in [0, 0.05) is 18.5 Å². The number of morpholine rings is 1. The number of fused-ring (bicyclic) bond motifs is 1. The number of nitrogens with one attached hydrogen (secondary N) is 1. The summed E-state index contributed by atoms with van der Waals surface area (Å²) < 4.78 is 11.9. The highest BCUT2D eigenvalue weighted by atomic mass is 35.5. The smallest absolute Gasteiger partial charge is 0.152 e. The molecule has 2 heterocycles.